The van der Waals surface area contributed by atoms with Crippen molar-refractivity contribution in [2.45, 2.75) is 6.92 Å². The lowest BCUT2D eigenvalue weighted by molar-refractivity contribution is -0.114. The van der Waals surface area contributed by atoms with Gasteiger partial charge in [-0.25, -0.2) is 4.98 Å². The molecule has 3 rings (SSSR count). The Kier molecular flexibility index (Phi) is 5.48. The van der Waals surface area contributed by atoms with E-state index in [0.29, 0.717) is 16.9 Å². The number of nitrogens with one attached hydrogen (secondary N) is 2. The van der Waals surface area contributed by atoms with E-state index in [2.05, 4.69) is 32.5 Å². The quantitative estimate of drug-likeness (QED) is 0.880. The largest absolute Gasteiger partial charge is 0.354 e. The van der Waals surface area contributed by atoms with Crippen LogP contribution in [0.4, 0.5) is 17.2 Å². The molecule has 2 amide bonds. The summed E-state index contributed by atoms with van der Waals surface area (Å²) >= 11 is 0. The third kappa shape index (κ3) is 4.58. The zero-order valence-electron chi connectivity index (χ0n) is 15.0. The predicted molar refractivity (Wildman–Crippen MR) is 103 cm³/mol. The fourth-order valence-corrected chi connectivity index (χ4v) is 2.83. The van der Waals surface area contributed by atoms with E-state index in [1.807, 2.05) is 12.1 Å². The van der Waals surface area contributed by atoms with Gasteiger partial charge in [-0.1, -0.05) is 6.07 Å². The van der Waals surface area contributed by atoms with Crippen LogP contribution in [-0.2, 0) is 4.79 Å². The molecule has 0 spiro atoms. The molecule has 2 N–H and O–H groups in total. The van der Waals surface area contributed by atoms with E-state index in [0.717, 1.165) is 32.0 Å². The van der Waals surface area contributed by atoms with Gasteiger partial charge in [0.2, 0.25) is 5.91 Å². The number of carbonyl (C=O) groups is 2. The number of hydrogen-bond donors (Lipinski definition) is 2. The normalized spacial score (nSPS) is 14.8. The van der Waals surface area contributed by atoms with Gasteiger partial charge in [0.25, 0.3) is 5.91 Å². The summed E-state index contributed by atoms with van der Waals surface area (Å²) in [6, 6.07) is 10.6. The number of benzene rings is 1. The molecule has 0 unspecified atom stereocenters. The van der Waals surface area contributed by atoms with Gasteiger partial charge in [-0.2, -0.15) is 0 Å². The Labute approximate surface area is 153 Å². The summed E-state index contributed by atoms with van der Waals surface area (Å²) in [5, 5.41) is 5.51. The molecule has 1 aromatic heterocycles. The number of hydrogen-bond acceptors (Lipinski definition) is 5. The van der Waals surface area contributed by atoms with Crippen molar-refractivity contribution in [1.29, 1.82) is 0 Å². The van der Waals surface area contributed by atoms with Crippen LogP contribution >= 0.6 is 0 Å². The monoisotopic (exact) mass is 353 g/mol. The fourth-order valence-electron chi connectivity index (χ4n) is 2.83. The van der Waals surface area contributed by atoms with Crippen molar-refractivity contribution < 1.29 is 9.59 Å². The molecule has 1 aromatic carbocycles. The average Bonchev–Trinajstić information content (AvgIpc) is 2.63. The van der Waals surface area contributed by atoms with Gasteiger partial charge in [0, 0.05) is 44.4 Å². The standard InChI is InChI=1S/C19H23N5O2/c1-14(25)21-16-5-3-4-15(12-16)19(26)22-17-6-7-18(20-13-17)24-10-8-23(2)9-11-24/h3-7,12-13H,8-11H2,1-2H3,(H,21,25)(H,22,26). The van der Waals surface area contributed by atoms with E-state index < -0.39 is 0 Å². The molecule has 2 heterocycles. The zero-order chi connectivity index (χ0) is 18.5. The molecule has 0 atom stereocenters. The summed E-state index contributed by atoms with van der Waals surface area (Å²) in [6.45, 7) is 5.37. The van der Waals surface area contributed by atoms with Gasteiger partial charge in [0.1, 0.15) is 5.82 Å². The maximum Gasteiger partial charge on any atom is 0.255 e. The second kappa shape index (κ2) is 7.97. The molecule has 2 aromatic rings. The van der Waals surface area contributed by atoms with Gasteiger partial charge in [-0.15, -0.1) is 0 Å². The first-order valence-electron chi connectivity index (χ1n) is 8.60. The SMILES string of the molecule is CC(=O)Nc1cccc(C(=O)Nc2ccc(N3CCN(C)CC3)nc2)c1. The summed E-state index contributed by atoms with van der Waals surface area (Å²) in [5.41, 5.74) is 1.70. The summed E-state index contributed by atoms with van der Waals surface area (Å²) < 4.78 is 0. The predicted octanol–water partition coefficient (Wildman–Crippen LogP) is 2.04. The number of piperazine rings is 1. The average molecular weight is 353 g/mol. The van der Waals surface area contributed by atoms with Gasteiger partial charge in [-0.05, 0) is 37.4 Å². The highest BCUT2D eigenvalue weighted by Crippen LogP contribution is 2.17. The van der Waals surface area contributed by atoms with Crippen molar-refractivity contribution in [1.82, 2.24) is 9.88 Å². The molecule has 0 aliphatic carbocycles. The molecule has 7 heteroatoms. The van der Waals surface area contributed by atoms with Gasteiger partial charge < -0.3 is 20.4 Å². The molecule has 0 bridgehead atoms. The van der Waals surface area contributed by atoms with Crippen LogP contribution in [0.3, 0.4) is 0 Å². The lowest BCUT2D eigenvalue weighted by Crippen LogP contribution is -2.44. The molecule has 0 saturated carbocycles. The lowest BCUT2D eigenvalue weighted by atomic mass is 10.2. The topological polar surface area (TPSA) is 77.6 Å². The van der Waals surface area contributed by atoms with E-state index in [1.54, 1.807) is 30.5 Å². The van der Waals surface area contributed by atoms with E-state index >= 15 is 0 Å². The number of carbonyl (C=O) groups excluding carboxylic acids is 2. The Morgan fingerprint density at radius 3 is 2.42 bits per heavy atom. The van der Waals surface area contributed by atoms with E-state index in [4.69, 9.17) is 0 Å². The van der Waals surface area contributed by atoms with Crippen LogP contribution in [0, 0.1) is 0 Å². The molecule has 1 aliphatic heterocycles. The number of anilines is 3. The van der Waals surface area contributed by atoms with Crippen LogP contribution in [0.15, 0.2) is 42.6 Å². The second-order valence-electron chi connectivity index (χ2n) is 6.41. The molecular weight excluding hydrogens is 330 g/mol. The maximum atomic E-state index is 12.4. The van der Waals surface area contributed by atoms with E-state index in [-0.39, 0.29) is 11.8 Å². The molecule has 7 nitrogen and oxygen atoms in total. The highest BCUT2D eigenvalue weighted by Gasteiger charge is 2.15. The van der Waals surface area contributed by atoms with Gasteiger partial charge in [-0.3, -0.25) is 9.59 Å². The lowest BCUT2D eigenvalue weighted by Gasteiger charge is -2.33. The number of aromatic nitrogens is 1. The number of nitrogens with zero attached hydrogens (tertiary/aromatic N) is 3. The maximum absolute atomic E-state index is 12.4. The van der Waals surface area contributed by atoms with Crippen molar-refractivity contribution >= 4 is 29.0 Å². The highest BCUT2D eigenvalue weighted by molar-refractivity contribution is 6.05. The number of amides is 2. The van der Waals surface area contributed by atoms with Gasteiger partial charge in [0.15, 0.2) is 0 Å². The minimum absolute atomic E-state index is 0.175. The molecule has 1 saturated heterocycles. The summed E-state index contributed by atoms with van der Waals surface area (Å²) in [6.07, 6.45) is 1.67. The molecule has 0 radical (unpaired) electrons. The van der Waals surface area contributed by atoms with Crippen molar-refractivity contribution in [3.8, 4) is 0 Å². The van der Waals surface area contributed by atoms with Crippen LogP contribution < -0.4 is 15.5 Å². The van der Waals surface area contributed by atoms with Crippen molar-refractivity contribution in [3.63, 3.8) is 0 Å². The zero-order valence-corrected chi connectivity index (χ0v) is 15.0. The Morgan fingerprint density at radius 2 is 1.77 bits per heavy atom. The molecule has 1 aliphatic rings. The Bertz CT molecular complexity index is 783. The Hall–Kier alpha value is -2.93. The van der Waals surface area contributed by atoms with Gasteiger partial charge in [0.05, 0.1) is 11.9 Å². The third-order valence-electron chi connectivity index (χ3n) is 4.28. The molecule has 1 fully saturated rings. The van der Waals surface area contributed by atoms with E-state index in [9.17, 15) is 9.59 Å². The number of pyridine rings is 1. The van der Waals surface area contributed by atoms with Crippen molar-refractivity contribution in [2.75, 3.05) is 48.8 Å². The minimum atomic E-state index is -0.244. The minimum Gasteiger partial charge on any atom is -0.354 e. The first kappa shape index (κ1) is 17.9. The Balaban J connectivity index is 1.63. The van der Waals surface area contributed by atoms with Crippen molar-refractivity contribution in [2.24, 2.45) is 0 Å². The summed E-state index contributed by atoms with van der Waals surface area (Å²) in [5.74, 6) is 0.501. The fraction of sp³-hybridized carbons (Fsp3) is 0.316. The Morgan fingerprint density at radius 1 is 1.00 bits per heavy atom. The summed E-state index contributed by atoms with van der Waals surface area (Å²) in [4.78, 5) is 32.5. The van der Waals surface area contributed by atoms with Crippen LogP contribution in [0.2, 0.25) is 0 Å². The van der Waals surface area contributed by atoms with Gasteiger partial charge >= 0.3 is 0 Å². The van der Waals surface area contributed by atoms with Crippen LogP contribution in [-0.4, -0.2) is 54.9 Å². The first-order chi connectivity index (χ1) is 12.5. The third-order valence-corrected chi connectivity index (χ3v) is 4.28. The van der Waals surface area contributed by atoms with Crippen LogP contribution in [0.5, 0.6) is 0 Å². The first-order valence-corrected chi connectivity index (χ1v) is 8.60. The van der Waals surface area contributed by atoms with Crippen LogP contribution in [0.25, 0.3) is 0 Å². The smallest absolute Gasteiger partial charge is 0.255 e. The second-order valence-corrected chi connectivity index (χ2v) is 6.41. The number of rotatable bonds is 4. The van der Waals surface area contributed by atoms with E-state index in [1.165, 1.54) is 6.92 Å². The molecular formula is C19H23N5O2. The molecule has 26 heavy (non-hydrogen) atoms. The highest BCUT2D eigenvalue weighted by atomic mass is 16.2. The summed E-state index contributed by atoms with van der Waals surface area (Å²) in [7, 11) is 2.12. The molecule has 136 valence electrons. The number of likely N-dealkylation sites (N-methyl/N-ethyl adjacent to an activating group) is 1. The van der Waals surface area contributed by atoms with Crippen molar-refractivity contribution in [3.05, 3.63) is 48.2 Å². The van der Waals surface area contributed by atoms with Crippen LogP contribution in [0.1, 0.15) is 17.3 Å².